The number of rotatable bonds is 4. The summed E-state index contributed by atoms with van der Waals surface area (Å²) in [5.41, 5.74) is -0.866. The molecule has 0 aromatic heterocycles. The van der Waals surface area contributed by atoms with Crippen LogP contribution in [0.1, 0.15) is 33.1 Å². The fraction of sp³-hybridized carbons (Fsp3) is 1.00. The second-order valence-corrected chi connectivity index (χ2v) is 3.85. The monoisotopic (exact) mass is 159 g/mol. The Hall–Kier alpha value is -0.110. The van der Waals surface area contributed by atoms with E-state index in [4.69, 9.17) is 0 Å². The van der Waals surface area contributed by atoms with E-state index in [2.05, 4.69) is 19.2 Å². The number of hydrogen-bond acceptors (Lipinski definition) is 1. The molecule has 1 aliphatic rings. The molecule has 11 heavy (non-hydrogen) atoms. The Morgan fingerprint density at radius 2 is 2.18 bits per heavy atom. The smallest absolute Gasteiger partial charge is 0.136 e. The van der Waals surface area contributed by atoms with E-state index in [1.807, 2.05) is 0 Å². The van der Waals surface area contributed by atoms with E-state index in [0.717, 1.165) is 12.8 Å². The molecular weight excluding hydrogens is 141 g/mol. The number of nitrogens with one attached hydrogen (secondary N) is 1. The predicted octanol–water partition coefficient (Wildman–Crippen LogP) is 2.12. The van der Waals surface area contributed by atoms with Crippen LogP contribution in [0, 0.1) is 5.92 Å². The maximum absolute atomic E-state index is 13.4. The van der Waals surface area contributed by atoms with Gasteiger partial charge < -0.3 is 5.32 Å². The van der Waals surface area contributed by atoms with Crippen molar-refractivity contribution in [2.24, 2.45) is 5.92 Å². The van der Waals surface area contributed by atoms with Gasteiger partial charge in [0.15, 0.2) is 0 Å². The fourth-order valence-corrected chi connectivity index (χ4v) is 1.76. The second kappa shape index (κ2) is 3.53. The van der Waals surface area contributed by atoms with Gasteiger partial charge in [-0.15, -0.1) is 0 Å². The van der Waals surface area contributed by atoms with Crippen molar-refractivity contribution in [3.63, 3.8) is 0 Å². The lowest BCUT2D eigenvalue weighted by atomic mass is 9.86. The summed E-state index contributed by atoms with van der Waals surface area (Å²) in [4.78, 5) is 0. The van der Waals surface area contributed by atoms with Gasteiger partial charge in [-0.05, 0) is 12.3 Å². The van der Waals surface area contributed by atoms with E-state index in [1.165, 1.54) is 6.42 Å². The number of alkyl halides is 1. The van der Waals surface area contributed by atoms with Crippen molar-refractivity contribution >= 4 is 0 Å². The first kappa shape index (κ1) is 8.98. The van der Waals surface area contributed by atoms with Crippen LogP contribution < -0.4 is 5.32 Å². The SMILES string of the molecule is CCCC(C)CC1(F)CNC1. The molecule has 0 amide bonds. The average Bonchev–Trinajstić information content (AvgIpc) is 1.85. The second-order valence-electron chi connectivity index (χ2n) is 3.85. The third kappa shape index (κ3) is 2.44. The summed E-state index contributed by atoms with van der Waals surface area (Å²) in [7, 11) is 0. The molecule has 1 nitrogen and oxygen atoms in total. The first-order chi connectivity index (χ1) is 5.16. The van der Waals surface area contributed by atoms with Crippen LogP contribution in [0.5, 0.6) is 0 Å². The van der Waals surface area contributed by atoms with Crippen LogP contribution in [0.4, 0.5) is 4.39 Å². The highest BCUT2D eigenvalue weighted by atomic mass is 19.1. The summed E-state index contributed by atoms with van der Waals surface area (Å²) >= 11 is 0. The van der Waals surface area contributed by atoms with E-state index in [9.17, 15) is 4.39 Å². The van der Waals surface area contributed by atoms with Crippen molar-refractivity contribution in [3.8, 4) is 0 Å². The minimum atomic E-state index is -0.866. The zero-order chi connectivity index (χ0) is 8.32. The van der Waals surface area contributed by atoms with Crippen molar-refractivity contribution in [1.29, 1.82) is 0 Å². The van der Waals surface area contributed by atoms with Crippen LogP contribution in [-0.4, -0.2) is 18.8 Å². The molecule has 0 aromatic rings. The molecule has 66 valence electrons. The lowest BCUT2D eigenvalue weighted by Gasteiger charge is -2.36. The summed E-state index contributed by atoms with van der Waals surface area (Å²) < 4.78 is 13.4. The van der Waals surface area contributed by atoms with E-state index in [1.54, 1.807) is 0 Å². The molecule has 1 rings (SSSR count). The molecule has 0 spiro atoms. The maximum atomic E-state index is 13.4. The average molecular weight is 159 g/mol. The number of hydrogen-bond donors (Lipinski definition) is 1. The van der Waals surface area contributed by atoms with Gasteiger partial charge in [-0.2, -0.15) is 0 Å². The molecule has 0 aliphatic carbocycles. The van der Waals surface area contributed by atoms with Gasteiger partial charge in [-0.25, -0.2) is 4.39 Å². The Bertz CT molecular complexity index is 121. The molecule has 1 aliphatic heterocycles. The van der Waals surface area contributed by atoms with Crippen LogP contribution in [0.2, 0.25) is 0 Å². The molecule has 1 unspecified atom stereocenters. The van der Waals surface area contributed by atoms with Crippen LogP contribution >= 0.6 is 0 Å². The lowest BCUT2D eigenvalue weighted by Crippen LogP contribution is -2.56. The first-order valence-electron chi connectivity index (χ1n) is 4.56. The van der Waals surface area contributed by atoms with Crippen LogP contribution in [-0.2, 0) is 0 Å². The van der Waals surface area contributed by atoms with Gasteiger partial charge in [0.05, 0.1) is 0 Å². The van der Waals surface area contributed by atoms with Crippen molar-refractivity contribution < 1.29 is 4.39 Å². The van der Waals surface area contributed by atoms with E-state index < -0.39 is 5.67 Å². The molecule has 0 bridgehead atoms. The van der Waals surface area contributed by atoms with Crippen molar-refractivity contribution in [1.82, 2.24) is 5.32 Å². The highest BCUT2D eigenvalue weighted by Crippen LogP contribution is 2.27. The summed E-state index contributed by atoms with van der Waals surface area (Å²) in [6.45, 7) is 5.44. The maximum Gasteiger partial charge on any atom is 0.136 e. The standard InChI is InChI=1S/C9H18FN/c1-3-4-8(2)5-9(10)6-11-7-9/h8,11H,3-7H2,1-2H3. The normalized spacial score (nSPS) is 24.3. The minimum Gasteiger partial charge on any atom is -0.310 e. The van der Waals surface area contributed by atoms with Crippen LogP contribution in [0.3, 0.4) is 0 Å². The van der Waals surface area contributed by atoms with Gasteiger partial charge in [0.25, 0.3) is 0 Å². The molecule has 2 heteroatoms. The molecule has 1 saturated heterocycles. The van der Waals surface area contributed by atoms with Gasteiger partial charge in [0.2, 0.25) is 0 Å². The molecule has 0 saturated carbocycles. The van der Waals surface area contributed by atoms with Crippen molar-refractivity contribution in [2.45, 2.75) is 38.8 Å². The molecule has 1 fully saturated rings. The minimum absolute atomic E-state index is 0.548. The van der Waals surface area contributed by atoms with Crippen molar-refractivity contribution in [2.75, 3.05) is 13.1 Å². The third-order valence-corrected chi connectivity index (χ3v) is 2.38. The molecular formula is C9H18FN. The number of halogens is 1. The molecule has 1 heterocycles. The van der Waals surface area contributed by atoms with Crippen LogP contribution in [0.25, 0.3) is 0 Å². The summed E-state index contributed by atoms with van der Waals surface area (Å²) in [6, 6.07) is 0. The predicted molar refractivity (Wildman–Crippen MR) is 45.4 cm³/mol. The van der Waals surface area contributed by atoms with Gasteiger partial charge in [0, 0.05) is 13.1 Å². The Kier molecular flexibility index (Phi) is 2.88. The van der Waals surface area contributed by atoms with Gasteiger partial charge in [-0.3, -0.25) is 0 Å². The van der Waals surface area contributed by atoms with Gasteiger partial charge in [-0.1, -0.05) is 26.7 Å². The third-order valence-electron chi connectivity index (χ3n) is 2.38. The Morgan fingerprint density at radius 1 is 1.55 bits per heavy atom. The van der Waals surface area contributed by atoms with Gasteiger partial charge >= 0.3 is 0 Å². The summed E-state index contributed by atoms with van der Waals surface area (Å²) in [5, 5.41) is 2.97. The Balaban J connectivity index is 2.18. The van der Waals surface area contributed by atoms with E-state index in [0.29, 0.717) is 19.0 Å². The quantitative estimate of drug-likeness (QED) is 0.662. The van der Waals surface area contributed by atoms with E-state index in [-0.39, 0.29) is 0 Å². The summed E-state index contributed by atoms with van der Waals surface area (Å²) in [6.07, 6.45) is 3.07. The largest absolute Gasteiger partial charge is 0.310 e. The zero-order valence-electron chi connectivity index (χ0n) is 7.49. The van der Waals surface area contributed by atoms with Crippen molar-refractivity contribution in [3.05, 3.63) is 0 Å². The lowest BCUT2D eigenvalue weighted by molar-refractivity contribution is 0.0619. The molecule has 1 atom stereocenters. The highest BCUT2D eigenvalue weighted by molar-refractivity contribution is 4.93. The Labute approximate surface area is 68.4 Å². The first-order valence-corrected chi connectivity index (χ1v) is 4.56. The molecule has 0 aromatic carbocycles. The van der Waals surface area contributed by atoms with E-state index >= 15 is 0 Å². The summed E-state index contributed by atoms with van der Waals surface area (Å²) in [5.74, 6) is 0.548. The highest BCUT2D eigenvalue weighted by Gasteiger charge is 2.37. The van der Waals surface area contributed by atoms with Crippen LogP contribution in [0.15, 0.2) is 0 Å². The zero-order valence-corrected chi connectivity index (χ0v) is 7.49. The van der Waals surface area contributed by atoms with Gasteiger partial charge in [0.1, 0.15) is 5.67 Å². The fourth-order valence-electron chi connectivity index (χ4n) is 1.76. The molecule has 0 radical (unpaired) electrons. The topological polar surface area (TPSA) is 12.0 Å². The molecule has 1 N–H and O–H groups in total. The Morgan fingerprint density at radius 3 is 2.55 bits per heavy atom.